The first-order chi connectivity index (χ1) is 8.58. The summed E-state index contributed by atoms with van der Waals surface area (Å²) in [5.41, 5.74) is 0.893. The van der Waals surface area contributed by atoms with Crippen molar-refractivity contribution < 1.29 is 4.74 Å². The van der Waals surface area contributed by atoms with Gasteiger partial charge in [0.1, 0.15) is 5.82 Å². The normalized spacial score (nSPS) is 10.4. The van der Waals surface area contributed by atoms with Crippen LogP contribution in [0.1, 0.15) is 15.6 Å². The first kappa shape index (κ1) is 12.8. The number of thiazole rings is 1. The zero-order chi connectivity index (χ0) is 13.1. The maximum atomic E-state index is 5.08. The number of aryl methyl sites for hydroxylation is 2. The van der Waals surface area contributed by atoms with Crippen LogP contribution >= 0.6 is 11.3 Å². The fourth-order valence-electron chi connectivity index (χ4n) is 1.61. The van der Waals surface area contributed by atoms with E-state index in [-0.39, 0.29) is 0 Å². The largest absolute Gasteiger partial charge is 0.467 e. The van der Waals surface area contributed by atoms with Gasteiger partial charge in [-0.15, -0.1) is 11.3 Å². The van der Waals surface area contributed by atoms with Crippen LogP contribution in [0.2, 0.25) is 0 Å². The van der Waals surface area contributed by atoms with Crippen molar-refractivity contribution in [3.05, 3.63) is 27.8 Å². The van der Waals surface area contributed by atoms with E-state index in [0.29, 0.717) is 6.01 Å². The SMILES string of the molecule is COc1nc(C)cc(N(C)Cc2cnc(C)s2)n1. The van der Waals surface area contributed by atoms with Crippen molar-refractivity contribution in [1.29, 1.82) is 0 Å². The third-order valence-electron chi connectivity index (χ3n) is 2.46. The van der Waals surface area contributed by atoms with E-state index in [1.54, 1.807) is 18.4 Å². The lowest BCUT2D eigenvalue weighted by atomic mass is 10.4. The average Bonchev–Trinajstić information content (AvgIpc) is 2.73. The van der Waals surface area contributed by atoms with Crippen LogP contribution in [0, 0.1) is 13.8 Å². The summed E-state index contributed by atoms with van der Waals surface area (Å²) in [4.78, 5) is 16.0. The van der Waals surface area contributed by atoms with Crippen LogP contribution in [0.3, 0.4) is 0 Å². The first-order valence-electron chi connectivity index (χ1n) is 5.60. The van der Waals surface area contributed by atoms with Gasteiger partial charge >= 0.3 is 6.01 Å². The Bertz CT molecular complexity index is 541. The molecule has 2 aromatic rings. The number of anilines is 1. The predicted molar refractivity (Wildman–Crippen MR) is 72.3 cm³/mol. The van der Waals surface area contributed by atoms with Crippen molar-refractivity contribution in [3.8, 4) is 6.01 Å². The Hall–Kier alpha value is -1.69. The Morgan fingerprint density at radius 1 is 1.33 bits per heavy atom. The quantitative estimate of drug-likeness (QED) is 0.847. The lowest BCUT2D eigenvalue weighted by molar-refractivity contribution is 0.379. The third kappa shape index (κ3) is 2.95. The highest BCUT2D eigenvalue weighted by molar-refractivity contribution is 7.11. The van der Waals surface area contributed by atoms with Crippen molar-refractivity contribution in [3.63, 3.8) is 0 Å². The summed E-state index contributed by atoms with van der Waals surface area (Å²) in [6.45, 7) is 4.72. The van der Waals surface area contributed by atoms with E-state index >= 15 is 0 Å². The van der Waals surface area contributed by atoms with Gasteiger partial charge in [-0.25, -0.2) is 9.97 Å². The Labute approximate surface area is 110 Å². The molecule has 5 nitrogen and oxygen atoms in total. The van der Waals surface area contributed by atoms with E-state index in [2.05, 4.69) is 19.9 Å². The van der Waals surface area contributed by atoms with Gasteiger partial charge in [-0.05, 0) is 13.8 Å². The minimum Gasteiger partial charge on any atom is -0.467 e. The van der Waals surface area contributed by atoms with Gasteiger partial charge in [0.2, 0.25) is 0 Å². The molecule has 0 saturated heterocycles. The number of hydrogen-bond donors (Lipinski definition) is 0. The zero-order valence-corrected chi connectivity index (χ0v) is 11.8. The zero-order valence-electron chi connectivity index (χ0n) is 11.0. The minimum absolute atomic E-state index is 0.400. The summed E-state index contributed by atoms with van der Waals surface area (Å²) in [6.07, 6.45) is 1.90. The lowest BCUT2D eigenvalue weighted by Crippen LogP contribution is -2.17. The van der Waals surface area contributed by atoms with Gasteiger partial charge in [-0.1, -0.05) is 0 Å². The van der Waals surface area contributed by atoms with Gasteiger partial charge in [0.15, 0.2) is 0 Å². The summed E-state index contributed by atoms with van der Waals surface area (Å²) < 4.78 is 5.08. The summed E-state index contributed by atoms with van der Waals surface area (Å²) in [5.74, 6) is 0.852. The van der Waals surface area contributed by atoms with E-state index in [1.165, 1.54) is 4.88 Å². The molecule has 6 heteroatoms. The standard InChI is InChI=1S/C12H16N4OS/c1-8-5-11(15-12(14-8)17-4)16(3)7-10-6-13-9(2)18-10/h5-6H,7H2,1-4H3. The number of methoxy groups -OCH3 is 1. The second kappa shape index (κ2) is 5.30. The molecule has 96 valence electrons. The summed E-state index contributed by atoms with van der Waals surface area (Å²) in [7, 11) is 3.57. The van der Waals surface area contributed by atoms with Crippen LogP contribution in [0.25, 0.3) is 0 Å². The highest BCUT2D eigenvalue weighted by Crippen LogP contribution is 2.19. The highest BCUT2D eigenvalue weighted by Gasteiger charge is 2.09. The first-order valence-corrected chi connectivity index (χ1v) is 6.42. The van der Waals surface area contributed by atoms with Gasteiger partial charge in [-0.3, -0.25) is 0 Å². The van der Waals surface area contributed by atoms with Crippen LogP contribution in [-0.2, 0) is 6.54 Å². The molecule has 2 rings (SSSR count). The van der Waals surface area contributed by atoms with Crippen molar-refractivity contribution in [2.75, 3.05) is 19.1 Å². The Morgan fingerprint density at radius 3 is 2.72 bits per heavy atom. The van der Waals surface area contributed by atoms with E-state index in [0.717, 1.165) is 23.1 Å². The molecule has 2 heterocycles. The van der Waals surface area contributed by atoms with Crippen LogP contribution in [0.5, 0.6) is 6.01 Å². The van der Waals surface area contributed by atoms with Crippen molar-refractivity contribution in [1.82, 2.24) is 15.0 Å². The highest BCUT2D eigenvalue weighted by atomic mass is 32.1. The molecule has 2 aromatic heterocycles. The van der Waals surface area contributed by atoms with Gasteiger partial charge in [-0.2, -0.15) is 4.98 Å². The molecular formula is C12H16N4OS. The predicted octanol–water partition coefficient (Wildman–Crippen LogP) is 2.19. The second-order valence-electron chi connectivity index (χ2n) is 4.06. The second-order valence-corrected chi connectivity index (χ2v) is 5.38. The van der Waals surface area contributed by atoms with Crippen molar-refractivity contribution in [2.45, 2.75) is 20.4 Å². The molecule has 0 aromatic carbocycles. The maximum absolute atomic E-state index is 5.08. The molecular weight excluding hydrogens is 248 g/mol. The number of hydrogen-bond acceptors (Lipinski definition) is 6. The number of rotatable bonds is 4. The molecule has 0 amide bonds. The van der Waals surface area contributed by atoms with Gasteiger partial charge < -0.3 is 9.64 Å². The van der Waals surface area contributed by atoms with E-state index in [1.807, 2.05) is 33.2 Å². The summed E-state index contributed by atoms with van der Waals surface area (Å²) >= 11 is 1.70. The molecule has 0 fully saturated rings. The molecule has 0 aliphatic carbocycles. The minimum atomic E-state index is 0.400. The molecule has 0 atom stereocenters. The number of nitrogens with zero attached hydrogens (tertiary/aromatic N) is 4. The number of ether oxygens (including phenoxy) is 1. The van der Waals surface area contributed by atoms with Crippen molar-refractivity contribution >= 4 is 17.2 Å². The molecule has 0 unspecified atom stereocenters. The molecule has 18 heavy (non-hydrogen) atoms. The molecule has 0 N–H and O–H groups in total. The Kier molecular flexibility index (Phi) is 3.76. The maximum Gasteiger partial charge on any atom is 0.318 e. The smallest absolute Gasteiger partial charge is 0.318 e. The monoisotopic (exact) mass is 264 g/mol. The average molecular weight is 264 g/mol. The molecule has 0 spiro atoms. The fraction of sp³-hybridized carbons (Fsp3) is 0.417. The van der Waals surface area contributed by atoms with Gasteiger partial charge in [0.05, 0.1) is 18.7 Å². The lowest BCUT2D eigenvalue weighted by Gasteiger charge is -2.17. The fourth-order valence-corrected chi connectivity index (χ4v) is 2.45. The van der Waals surface area contributed by atoms with Crippen LogP contribution in [0.4, 0.5) is 5.82 Å². The molecule has 0 radical (unpaired) electrons. The van der Waals surface area contributed by atoms with Crippen LogP contribution in [-0.4, -0.2) is 29.1 Å². The summed E-state index contributed by atoms with van der Waals surface area (Å²) in [6, 6.07) is 2.34. The van der Waals surface area contributed by atoms with E-state index < -0.39 is 0 Å². The van der Waals surface area contributed by atoms with Gasteiger partial charge in [0, 0.05) is 29.9 Å². The topological polar surface area (TPSA) is 51.1 Å². The third-order valence-corrected chi connectivity index (χ3v) is 3.35. The van der Waals surface area contributed by atoms with Gasteiger partial charge in [0.25, 0.3) is 0 Å². The Balaban J connectivity index is 2.17. The van der Waals surface area contributed by atoms with Crippen molar-refractivity contribution in [2.24, 2.45) is 0 Å². The van der Waals surface area contributed by atoms with E-state index in [9.17, 15) is 0 Å². The number of aromatic nitrogens is 3. The summed E-state index contributed by atoms with van der Waals surface area (Å²) in [5, 5.41) is 1.08. The Morgan fingerprint density at radius 2 is 2.11 bits per heavy atom. The van der Waals surface area contributed by atoms with E-state index in [4.69, 9.17) is 4.74 Å². The molecule has 0 saturated carbocycles. The molecule has 0 aliphatic heterocycles. The molecule has 0 bridgehead atoms. The molecule has 0 aliphatic rings. The van der Waals surface area contributed by atoms with Crippen LogP contribution < -0.4 is 9.64 Å². The van der Waals surface area contributed by atoms with Crippen LogP contribution in [0.15, 0.2) is 12.3 Å².